The Labute approximate surface area is 167 Å². The molecule has 0 bridgehead atoms. The van der Waals surface area contributed by atoms with Crippen molar-refractivity contribution in [3.05, 3.63) is 60.2 Å². The van der Waals surface area contributed by atoms with Crippen LogP contribution in [0.4, 0.5) is 10.5 Å². The van der Waals surface area contributed by atoms with Crippen LogP contribution in [0.15, 0.2) is 54.6 Å². The monoisotopic (exact) mass is 391 g/mol. The van der Waals surface area contributed by atoms with Crippen LogP contribution in [0.1, 0.15) is 36.9 Å². The molecule has 0 saturated heterocycles. The lowest BCUT2D eigenvalue weighted by atomic mass is 10.0. The molecular formula is C20H21N7O2. The van der Waals surface area contributed by atoms with Crippen LogP contribution < -0.4 is 16.4 Å². The minimum atomic E-state index is -0.680. The molecule has 1 aliphatic rings. The smallest absolute Gasteiger partial charge is 0.312 e. The van der Waals surface area contributed by atoms with E-state index in [2.05, 4.69) is 26.2 Å². The summed E-state index contributed by atoms with van der Waals surface area (Å²) < 4.78 is 1.82. The summed E-state index contributed by atoms with van der Waals surface area (Å²) >= 11 is 0. The van der Waals surface area contributed by atoms with Gasteiger partial charge in [-0.2, -0.15) is 0 Å². The maximum Gasteiger partial charge on any atom is 0.312 e. The minimum absolute atomic E-state index is 0.0526. The molecule has 9 nitrogen and oxygen atoms in total. The van der Waals surface area contributed by atoms with E-state index in [9.17, 15) is 9.59 Å². The molecule has 3 aromatic rings. The normalized spacial score (nSPS) is 14.2. The van der Waals surface area contributed by atoms with Gasteiger partial charge in [0.1, 0.15) is 0 Å². The van der Waals surface area contributed by atoms with Crippen LogP contribution in [0.5, 0.6) is 0 Å². The second-order valence-electron chi connectivity index (χ2n) is 6.98. The Morgan fingerprint density at radius 2 is 1.93 bits per heavy atom. The van der Waals surface area contributed by atoms with Crippen molar-refractivity contribution in [3.8, 4) is 11.4 Å². The summed E-state index contributed by atoms with van der Waals surface area (Å²) in [6, 6.07) is 15.8. The van der Waals surface area contributed by atoms with Crippen molar-refractivity contribution in [1.82, 2.24) is 25.5 Å². The molecular weight excluding hydrogens is 370 g/mol. The Hall–Kier alpha value is -3.75. The zero-order chi connectivity index (χ0) is 20.2. The molecule has 0 aliphatic heterocycles. The van der Waals surface area contributed by atoms with Gasteiger partial charge in [-0.1, -0.05) is 42.5 Å². The summed E-state index contributed by atoms with van der Waals surface area (Å²) in [5.41, 5.74) is 7.54. The largest absolute Gasteiger partial charge is 0.352 e. The first-order valence-corrected chi connectivity index (χ1v) is 9.39. The van der Waals surface area contributed by atoms with Crippen LogP contribution in [0.25, 0.3) is 11.4 Å². The van der Waals surface area contributed by atoms with Crippen molar-refractivity contribution >= 4 is 17.6 Å². The first kappa shape index (κ1) is 18.6. The Morgan fingerprint density at radius 3 is 2.66 bits per heavy atom. The van der Waals surface area contributed by atoms with E-state index in [1.807, 2.05) is 53.2 Å². The molecule has 0 spiro atoms. The van der Waals surface area contributed by atoms with Crippen LogP contribution >= 0.6 is 0 Å². The number of benzene rings is 2. The molecule has 1 atom stereocenters. The first-order chi connectivity index (χ1) is 14.1. The van der Waals surface area contributed by atoms with Gasteiger partial charge in [-0.05, 0) is 41.0 Å². The van der Waals surface area contributed by atoms with Crippen molar-refractivity contribution in [1.29, 1.82) is 0 Å². The molecule has 4 rings (SSSR count). The number of nitrogens with zero attached hydrogens (tertiary/aromatic N) is 4. The maximum atomic E-state index is 12.6. The van der Waals surface area contributed by atoms with Crippen LogP contribution in [-0.2, 0) is 4.79 Å². The number of carbonyl (C=O) groups excluding carboxylic acids is 2. The van der Waals surface area contributed by atoms with Gasteiger partial charge in [0.25, 0.3) is 0 Å². The Kier molecular flexibility index (Phi) is 5.19. The van der Waals surface area contributed by atoms with E-state index < -0.39 is 12.1 Å². The Morgan fingerprint density at radius 1 is 1.14 bits per heavy atom. The van der Waals surface area contributed by atoms with Gasteiger partial charge in [0, 0.05) is 11.3 Å². The van der Waals surface area contributed by atoms with E-state index in [4.69, 9.17) is 5.73 Å². The number of aromatic nitrogens is 4. The average Bonchev–Trinajstić information content (AvgIpc) is 3.44. The van der Waals surface area contributed by atoms with Gasteiger partial charge in [0.15, 0.2) is 5.82 Å². The molecule has 1 aliphatic carbocycles. The molecule has 1 saturated carbocycles. The highest BCUT2D eigenvalue weighted by atomic mass is 16.2. The van der Waals surface area contributed by atoms with E-state index >= 15 is 0 Å². The molecule has 0 unspecified atom stereocenters. The lowest BCUT2D eigenvalue weighted by Crippen LogP contribution is -2.35. The van der Waals surface area contributed by atoms with Gasteiger partial charge in [0.05, 0.1) is 18.5 Å². The van der Waals surface area contributed by atoms with E-state index in [1.165, 1.54) is 0 Å². The lowest BCUT2D eigenvalue weighted by molar-refractivity contribution is -0.116. The highest BCUT2D eigenvalue weighted by Gasteiger charge is 2.28. The molecule has 3 amide bonds. The van der Waals surface area contributed by atoms with Gasteiger partial charge in [-0.15, -0.1) is 5.10 Å². The van der Waals surface area contributed by atoms with Crippen LogP contribution in [-0.4, -0.2) is 32.1 Å². The summed E-state index contributed by atoms with van der Waals surface area (Å²) in [6.45, 7) is 0. The van der Waals surface area contributed by atoms with Crippen molar-refractivity contribution < 1.29 is 9.59 Å². The zero-order valence-corrected chi connectivity index (χ0v) is 15.7. The summed E-state index contributed by atoms with van der Waals surface area (Å²) in [7, 11) is 0. The van der Waals surface area contributed by atoms with E-state index in [0.29, 0.717) is 17.6 Å². The number of hydrogen-bond acceptors (Lipinski definition) is 5. The number of primary amides is 1. The predicted molar refractivity (Wildman–Crippen MR) is 107 cm³/mol. The number of carbonyl (C=O) groups is 2. The van der Waals surface area contributed by atoms with Gasteiger partial charge >= 0.3 is 6.03 Å². The number of nitrogens with one attached hydrogen (secondary N) is 2. The molecule has 4 N–H and O–H groups in total. The fourth-order valence-corrected chi connectivity index (χ4v) is 3.19. The van der Waals surface area contributed by atoms with Crippen LogP contribution in [0, 0.1) is 0 Å². The summed E-state index contributed by atoms with van der Waals surface area (Å²) in [5.74, 6) is 0.438. The third kappa shape index (κ3) is 4.57. The maximum absolute atomic E-state index is 12.6. The van der Waals surface area contributed by atoms with Gasteiger partial charge in [-0.3, -0.25) is 4.79 Å². The number of tetrazole rings is 1. The van der Waals surface area contributed by atoms with Gasteiger partial charge in [-0.25, -0.2) is 9.48 Å². The van der Waals surface area contributed by atoms with E-state index in [-0.39, 0.29) is 12.3 Å². The van der Waals surface area contributed by atoms with Crippen molar-refractivity contribution in [2.45, 2.75) is 31.3 Å². The highest BCUT2D eigenvalue weighted by Crippen LogP contribution is 2.36. The van der Waals surface area contributed by atoms with E-state index in [1.54, 1.807) is 6.07 Å². The average molecular weight is 391 g/mol. The topological polar surface area (TPSA) is 128 Å². The summed E-state index contributed by atoms with van der Waals surface area (Å²) in [4.78, 5) is 24.0. The number of amides is 3. The van der Waals surface area contributed by atoms with E-state index in [0.717, 1.165) is 24.0 Å². The molecule has 0 radical (unpaired) electrons. The number of anilines is 1. The Balaban J connectivity index is 1.47. The SMILES string of the molecule is NC(=O)N[C@@H](CC(=O)Nc1cccc(-c2nnnn2C2CC2)c1)c1ccccc1. The molecule has 148 valence electrons. The predicted octanol–water partition coefficient (Wildman–Crippen LogP) is 2.41. The van der Waals surface area contributed by atoms with Gasteiger partial charge in [0.2, 0.25) is 5.91 Å². The second-order valence-corrected chi connectivity index (χ2v) is 6.98. The molecule has 9 heteroatoms. The summed E-state index contributed by atoms with van der Waals surface area (Å²) in [6.07, 6.45) is 2.20. The molecule has 1 fully saturated rings. The number of urea groups is 1. The third-order valence-corrected chi connectivity index (χ3v) is 4.70. The first-order valence-electron chi connectivity index (χ1n) is 9.39. The fourth-order valence-electron chi connectivity index (χ4n) is 3.19. The minimum Gasteiger partial charge on any atom is -0.352 e. The number of hydrogen-bond donors (Lipinski definition) is 3. The van der Waals surface area contributed by atoms with Gasteiger partial charge < -0.3 is 16.4 Å². The summed E-state index contributed by atoms with van der Waals surface area (Å²) in [5, 5.41) is 17.4. The quantitative estimate of drug-likeness (QED) is 0.570. The fraction of sp³-hybridized carbons (Fsp3) is 0.250. The molecule has 1 aromatic heterocycles. The van der Waals surface area contributed by atoms with Crippen LogP contribution in [0.2, 0.25) is 0 Å². The van der Waals surface area contributed by atoms with Crippen molar-refractivity contribution in [2.24, 2.45) is 5.73 Å². The molecule has 1 heterocycles. The lowest BCUT2D eigenvalue weighted by Gasteiger charge is -2.18. The highest BCUT2D eigenvalue weighted by molar-refractivity contribution is 5.92. The molecule has 2 aromatic carbocycles. The Bertz CT molecular complexity index is 1010. The second kappa shape index (κ2) is 8.09. The van der Waals surface area contributed by atoms with Crippen molar-refractivity contribution in [2.75, 3.05) is 5.32 Å². The van der Waals surface area contributed by atoms with Crippen LogP contribution in [0.3, 0.4) is 0 Å². The third-order valence-electron chi connectivity index (χ3n) is 4.70. The number of nitrogens with two attached hydrogens (primary N) is 1. The standard InChI is InChI=1S/C20H21N7O2/c21-20(29)23-17(13-5-2-1-3-6-13)12-18(28)22-15-8-4-7-14(11-15)19-24-25-26-27(19)16-9-10-16/h1-8,11,16-17H,9-10,12H2,(H,22,28)(H3,21,23,29)/t17-/m0/s1. The number of rotatable bonds is 7. The van der Waals surface area contributed by atoms with Crippen molar-refractivity contribution in [3.63, 3.8) is 0 Å². The zero-order valence-electron chi connectivity index (χ0n) is 15.7. The molecule has 29 heavy (non-hydrogen) atoms.